The molecule has 0 aliphatic rings. The first-order chi connectivity index (χ1) is 5.36. The smallest absolute Gasteiger partial charge is 0.130 e. The van der Waals surface area contributed by atoms with Gasteiger partial charge in [-0.25, -0.2) is 4.98 Å². The maximum Gasteiger partial charge on any atom is 0.130 e. The van der Waals surface area contributed by atoms with Crippen LogP contribution in [0.3, 0.4) is 0 Å². The summed E-state index contributed by atoms with van der Waals surface area (Å²) in [6, 6.07) is 0. The number of aromatic amines is 1. The molecular weight excluding hydrogens is 138 g/mol. The van der Waals surface area contributed by atoms with E-state index in [0.717, 1.165) is 5.82 Å². The highest BCUT2D eigenvalue weighted by Gasteiger charge is 1.90. The van der Waals surface area contributed by atoms with Crippen LogP contribution in [0.5, 0.6) is 0 Å². The fourth-order valence-electron chi connectivity index (χ4n) is 0.674. The predicted octanol–water partition coefficient (Wildman–Crippen LogP) is 0.363. The predicted molar refractivity (Wildman–Crippen MR) is 44.6 cm³/mol. The molecule has 0 aliphatic heterocycles. The van der Waals surface area contributed by atoms with E-state index in [0.29, 0.717) is 12.2 Å². The summed E-state index contributed by atoms with van der Waals surface area (Å²) in [7, 11) is 0. The number of rotatable bonds is 2. The number of hydrogen-bond donors (Lipinski definition) is 2. The first kappa shape index (κ1) is 7.58. The first-order valence-corrected chi connectivity index (χ1v) is 3.25. The van der Waals surface area contributed by atoms with Crippen molar-refractivity contribution >= 4 is 6.08 Å². The van der Waals surface area contributed by atoms with Gasteiger partial charge in [0.05, 0.1) is 6.20 Å². The molecule has 56 valence electrons. The van der Waals surface area contributed by atoms with Gasteiger partial charge in [0.1, 0.15) is 11.5 Å². The third-order valence-electron chi connectivity index (χ3n) is 1.16. The van der Waals surface area contributed by atoms with Crippen LogP contribution in [0, 0.1) is 12.3 Å². The molecule has 0 saturated carbocycles. The average molecular weight is 147 g/mol. The van der Waals surface area contributed by atoms with Crippen LogP contribution in [0.1, 0.15) is 11.5 Å². The summed E-state index contributed by atoms with van der Waals surface area (Å²) >= 11 is 0. The highest BCUT2D eigenvalue weighted by molar-refractivity contribution is 5.42. The molecule has 1 aromatic rings. The third kappa shape index (κ3) is 1.95. The van der Waals surface area contributed by atoms with E-state index in [2.05, 4.69) is 15.9 Å². The summed E-state index contributed by atoms with van der Waals surface area (Å²) in [6.45, 7) is 0.506. The molecule has 0 aromatic carbocycles. The second-order valence-corrected chi connectivity index (χ2v) is 1.96. The van der Waals surface area contributed by atoms with Gasteiger partial charge in [0, 0.05) is 6.54 Å². The lowest BCUT2D eigenvalue weighted by Crippen LogP contribution is -1.92. The van der Waals surface area contributed by atoms with Crippen molar-refractivity contribution in [2.75, 3.05) is 6.54 Å². The number of aromatic nitrogens is 2. The van der Waals surface area contributed by atoms with Gasteiger partial charge in [0.2, 0.25) is 0 Å². The van der Waals surface area contributed by atoms with Crippen molar-refractivity contribution in [3.8, 4) is 12.3 Å². The molecule has 1 rings (SSSR count). The van der Waals surface area contributed by atoms with Gasteiger partial charge in [-0.15, -0.1) is 6.42 Å². The molecule has 3 nitrogen and oxygen atoms in total. The van der Waals surface area contributed by atoms with Gasteiger partial charge in [0.15, 0.2) is 0 Å². The van der Waals surface area contributed by atoms with E-state index in [1.165, 1.54) is 0 Å². The molecule has 0 saturated heterocycles. The zero-order valence-corrected chi connectivity index (χ0v) is 6.04. The molecule has 0 amide bonds. The SMILES string of the molecule is C#Cc1cnc(/C=C\CN)[nH]1. The molecule has 0 spiro atoms. The lowest BCUT2D eigenvalue weighted by Gasteiger charge is -1.81. The zero-order chi connectivity index (χ0) is 8.10. The quantitative estimate of drug-likeness (QED) is 0.593. The van der Waals surface area contributed by atoms with E-state index in [1.54, 1.807) is 18.3 Å². The van der Waals surface area contributed by atoms with Gasteiger partial charge >= 0.3 is 0 Å². The monoisotopic (exact) mass is 147 g/mol. The Labute approximate surface area is 65.3 Å². The molecule has 1 aromatic heterocycles. The van der Waals surface area contributed by atoms with Crippen molar-refractivity contribution in [3.63, 3.8) is 0 Å². The Morgan fingerprint density at radius 2 is 2.64 bits per heavy atom. The largest absolute Gasteiger partial charge is 0.332 e. The summed E-state index contributed by atoms with van der Waals surface area (Å²) in [6.07, 6.45) is 10.3. The van der Waals surface area contributed by atoms with Crippen LogP contribution in [-0.4, -0.2) is 16.5 Å². The number of nitrogens with two attached hydrogens (primary N) is 1. The van der Waals surface area contributed by atoms with Crippen molar-refractivity contribution in [1.29, 1.82) is 0 Å². The number of terminal acetylenes is 1. The number of nitrogens with zero attached hydrogens (tertiary/aromatic N) is 1. The minimum atomic E-state index is 0.506. The molecule has 3 N–H and O–H groups in total. The van der Waals surface area contributed by atoms with Crippen LogP contribution in [0.4, 0.5) is 0 Å². The topological polar surface area (TPSA) is 54.7 Å². The van der Waals surface area contributed by atoms with Gasteiger partial charge in [-0.3, -0.25) is 0 Å². The molecule has 0 unspecified atom stereocenters. The molecule has 1 heterocycles. The minimum Gasteiger partial charge on any atom is -0.332 e. The molecule has 0 fully saturated rings. The van der Waals surface area contributed by atoms with Crippen LogP contribution in [0.15, 0.2) is 12.3 Å². The highest BCUT2D eigenvalue weighted by Crippen LogP contribution is 1.96. The fourth-order valence-corrected chi connectivity index (χ4v) is 0.674. The zero-order valence-electron chi connectivity index (χ0n) is 6.04. The number of hydrogen-bond acceptors (Lipinski definition) is 2. The van der Waals surface area contributed by atoms with Gasteiger partial charge in [-0.2, -0.15) is 0 Å². The van der Waals surface area contributed by atoms with Gasteiger partial charge in [-0.1, -0.05) is 12.0 Å². The van der Waals surface area contributed by atoms with Crippen molar-refractivity contribution in [3.05, 3.63) is 23.8 Å². The van der Waals surface area contributed by atoms with Crippen LogP contribution < -0.4 is 5.73 Å². The van der Waals surface area contributed by atoms with Crippen molar-refractivity contribution < 1.29 is 0 Å². The van der Waals surface area contributed by atoms with Crippen molar-refractivity contribution in [2.24, 2.45) is 5.73 Å². The number of imidazole rings is 1. The van der Waals surface area contributed by atoms with Crippen LogP contribution in [0.25, 0.3) is 6.08 Å². The van der Waals surface area contributed by atoms with E-state index in [-0.39, 0.29) is 0 Å². The molecule has 3 heteroatoms. The second kappa shape index (κ2) is 3.59. The Hall–Kier alpha value is -1.53. The van der Waals surface area contributed by atoms with Gasteiger partial charge < -0.3 is 10.7 Å². The summed E-state index contributed by atoms with van der Waals surface area (Å²) < 4.78 is 0. The third-order valence-corrected chi connectivity index (χ3v) is 1.16. The van der Waals surface area contributed by atoms with E-state index in [9.17, 15) is 0 Å². The lowest BCUT2D eigenvalue weighted by atomic mass is 10.5. The molecule has 0 atom stereocenters. The standard InChI is InChI=1S/C8H9N3/c1-2-7-6-10-8(11-7)4-3-5-9/h1,3-4,6H,5,9H2,(H,10,11)/b4-3-. The molecule has 0 aliphatic carbocycles. The Morgan fingerprint density at radius 1 is 1.82 bits per heavy atom. The summed E-state index contributed by atoms with van der Waals surface area (Å²) in [5, 5.41) is 0. The molecule has 0 radical (unpaired) electrons. The first-order valence-electron chi connectivity index (χ1n) is 3.25. The minimum absolute atomic E-state index is 0.506. The summed E-state index contributed by atoms with van der Waals surface area (Å²) in [4.78, 5) is 6.89. The van der Waals surface area contributed by atoms with E-state index in [4.69, 9.17) is 12.2 Å². The molecule has 0 bridgehead atoms. The number of nitrogens with one attached hydrogen (secondary N) is 1. The van der Waals surface area contributed by atoms with Crippen molar-refractivity contribution in [2.45, 2.75) is 0 Å². The van der Waals surface area contributed by atoms with E-state index >= 15 is 0 Å². The maximum absolute atomic E-state index is 5.25. The van der Waals surface area contributed by atoms with E-state index < -0.39 is 0 Å². The molecule has 11 heavy (non-hydrogen) atoms. The Balaban J connectivity index is 2.75. The van der Waals surface area contributed by atoms with E-state index in [1.807, 2.05) is 0 Å². The second-order valence-electron chi connectivity index (χ2n) is 1.96. The summed E-state index contributed by atoms with van der Waals surface area (Å²) in [5.41, 5.74) is 5.93. The van der Waals surface area contributed by atoms with Gasteiger partial charge in [0.25, 0.3) is 0 Å². The number of H-pyrrole nitrogens is 1. The Morgan fingerprint density at radius 3 is 3.18 bits per heavy atom. The lowest BCUT2D eigenvalue weighted by molar-refractivity contribution is 1.23. The van der Waals surface area contributed by atoms with Crippen LogP contribution in [-0.2, 0) is 0 Å². The highest BCUT2D eigenvalue weighted by atomic mass is 14.9. The fraction of sp³-hybridized carbons (Fsp3) is 0.125. The Bertz CT molecular complexity index is 291. The van der Waals surface area contributed by atoms with Crippen LogP contribution >= 0.6 is 0 Å². The molecular formula is C8H9N3. The normalized spacial score (nSPS) is 10.2. The van der Waals surface area contributed by atoms with Gasteiger partial charge in [-0.05, 0) is 6.08 Å². The summed E-state index contributed by atoms with van der Waals surface area (Å²) in [5.74, 6) is 3.18. The van der Waals surface area contributed by atoms with Crippen LogP contribution in [0.2, 0.25) is 0 Å². The maximum atomic E-state index is 5.25. The van der Waals surface area contributed by atoms with Crippen molar-refractivity contribution in [1.82, 2.24) is 9.97 Å². The Kier molecular flexibility index (Phi) is 2.47. The average Bonchev–Trinajstić information content (AvgIpc) is 2.48.